The molecule has 25 heavy (non-hydrogen) atoms. The summed E-state index contributed by atoms with van der Waals surface area (Å²) >= 11 is 5.83. The van der Waals surface area contributed by atoms with Gasteiger partial charge in [-0.1, -0.05) is 11.6 Å². The molecule has 0 saturated carbocycles. The molecule has 2 aromatic rings. The van der Waals surface area contributed by atoms with E-state index in [9.17, 15) is 13.2 Å². The smallest absolute Gasteiger partial charge is 0.417 e. The molecule has 0 bridgehead atoms. The molecule has 0 atom stereocenters. The van der Waals surface area contributed by atoms with E-state index in [1.54, 1.807) is 25.1 Å². The number of aromatic nitrogens is 1. The molecule has 134 valence electrons. The van der Waals surface area contributed by atoms with Crippen LogP contribution < -0.4 is 14.9 Å². The van der Waals surface area contributed by atoms with Gasteiger partial charge in [0.25, 0.3) is 0 Å². The van der Waals surface area contributed by atoms with Crippen LogP contribution in [0.4, 0.5) is 19.0 Å². The number of halogens is 4. The van der Waals surface area contributed by atoms with E-state index in [-0.39, 0.29) is 10.8 Å². The van der Waals surface area contributed by atoms with Crippen LogP contribution in [0.25, 0.3) is 0 Å². The Kier molecular flexibility index (Phi) is 5.73. The number of rotatable bonds is 5. The fourth-order valence-corrected chi connectivity index (χ4v) is 2.18. The van der Waals surface area contributed by atoms with Crippen LogP contribution in [0.15, 0.2) is 35.6 Å². The van der Waals surface area contributed by atoms with Crippen LogP contribution in [-0.2, 0) is 6.18 Å². The molecule has 0 aliphatic carbocycles. The van der Waals surface area contributed by atoms with Crippen LogP contribution >= 0.6 is 11.6 Å². The van der Waals surface area contributed by atoms with Gasteiger partial charge in [0.15, 0.2) is 5.82 Å². The number of alkyl halides is 3. The molecule has 0 saturated heterocycles. The number of hydrogen-bond donors (Lipinski definition) is 1. The third-order valence-corrected chi connectivity index (χ3v) is 3.58. The van der Waals surface area contributed by atoms with Gasteiger partial charge >= 0.3 is 6.18 Å². The summed E-state index contributed by atoms with van der Waals surface area (Å²) in [6, 6.07) is 5.96. The van der Waals surface area contributed by atoms with E-state index in [1.165, 1.54) is 14.2 Å². The number of pyridine rings is 1. The summed E-state index contributed by atoms with van der Waals surface area (Å²) in [5, 5.41) is 3.91. The Labute approximate surface area is 147 Å². The number of nitrogens with one attached hydrogen (secondary N) is 1. The second kappa shape index (κ2) is 7.60. The molecule has 0 radical (unpaired) electrons. The summed E-state index contributed by atoms with van der Waals surface area (Å²) in [6.45, 7) is 1.70. The zero-order valence-corrected chi connectivity index (χ0v) is 14.4. The minimum absolute atomic E-state index is 0.0101. The Hall–Kier alpha value is -2.48. The minimum atomic E-state index is -4.51. The van der Waals surface area contributed by atoms with Crippen LogP contribution in [0.1, 0.15) is 18.1 Å². The molecular formula is C16H15ClF3N3O2. The van der Waals surface area contributed by atoms with Crippen LogP contribution in [-0.4, -0.2) is 24.9 Å². The highest BCUT2D eigenvalue weighted by Crippen LogP contribution is 2.32. The number of hydrazone groups is 1. The number of anilines is 1. The highest BCUT2D eigenvalue weighted by molar-refractivity contribution is 6.33. The molecule has 1 aromatic heterocycles. The van der Waals surface area contributed by atoms with Gasteiger partial charge in [-0.2, -0.15) is 18.3 Å². The van der Waals surface area contributed by atoms with Gasteiger partial charge in [0, 0.05) is 11.8 Å². The predicted octanol–water partition coefficient (Wildman–Crippen LogP) is 4.61. The van der Waals surface area contributed by atoms with Crippen LogP contribution in [0.3, 0.4) is 0 Å². The monoisotopic (exact) mass is 373 g/mol. The molecular weight excluding hydrogens is 359 g/mol. The fraction of sp³-hybridized carbons (Fsp3) is 0.250. The Bertz CT molecular complexity index is 795. The maximum absolute atomic E-state index is 12.6. The van der Waals surface area contributed by atoms with Crippen molar-refractivity contribution >= 4 is 23.1 Å². The first-order valence-electron chi connectivity index (χ1n) is 7.01. The predicted molar refractivity (Wildman–Crippen MR) is 89.6 cm³/mol. The van der Waals surface area contributed by atoms with E-state index in [2.05, 4.69) is 15.5 Å². The van der Waals surface area contributed by atoms with Gasteiger partial charge in [-0.3, -0.25) is 5.43 Å². The van der Waals surface area contributed by atoms with Crippen molar-refractivity contribution in [2.24, 2.45) is 5.10 Å². The van der Waals surface area contributed by atoms with Crippen molar-refractivity contribution in [2.75, 3.05) is 19.6 Å². The average Bonchev–Trinajstić information content (AvgIpc) is 2.58. The average molecular weight is 374 g/mol. The Morgan fingerprint density at radius 1 is 1.20 bits per heavy atom. The molecule has 9 heteroatoms. The van der Waals surface area contributed by atoms with Crippen molar-refractivity contribution in [3.05, 3.63) is 46.6 Å². The van der Waals surface area contributed by atoms with E-state index >= 15 is 0 Å². The molecule has 1 heterocycles. The highest BCUT2D eigenvalue weighted by atomic mass is 35.5. The van der Waals surface area contributed by atoms with E-state index in [0.29, 0.717) is 29.0 Å². The molecule has 5 nitrogen and oxygen atoms in total. The number of nitrogens with zero attached hydrogens (tertiary/aromatic N) is 2. The van der Waals surface area contributed by atoms with E-state index in [4.69, 9.17) is 21.1 Å². The summed E-state index contributed by atoms with van der Waals surface area (Å²) in [5.74, 6) is 1.18. The zero-order chi connectivity index (χ0) is 18.6. The Morgan fingerprint density at radius 2 is 1.92 bits per heavy atom. The van der Waals surface area contributed by atoms with Crippen molar-refractivity contribution in [2.45, 2.75) is 13.1 Å². The molecule has 0 aliphatic rings. The van der Waals surface area contributed by atoms with Crippen LogP contribution in [0, 0.1) is 0 Å². The van der Waals surface area contributed by atoms with Gasteiger partial charge in [-0.15, -0.1) is 0 Å². The van der Waals surface area contributed by atoms with Gasteiger partial charge in [-0.25, -0.2) is 4.98 Å². The summed E-state index contributed by atoms with van der Waals surface area (Å²) < 4.78 is 48.3. The molecule has 0 amide bonds. The lowest BCUT2D eigenvalue weighted by Crippen LogP contribution is -2.07. The molecule has 0 unspecified atom stereocenters. The first kappa shape index (κ1) is 18.9. The van der Waals surface area contributed by atoms with Gasteiger partial charge in [0.05, 0.1) is 30.5 Å². The number of hydrogen-bond acceptors (Lipinski definition) is 5. The van der Waals surface area contributed by atoms with Gasteiger partial charge in [0.1, 0.15) is 11.5 Å². The standard InChI is InChI=1S/C16H15ClF3N3O2/c1-9(12-7-11(24-2)4-5-14(12)25-3)22-23-15-13(17)6-10(8-21-15)16(18,19)20/h4-8H,1-3H3,(H,21,23)/b22-9-. The molecule has 0 spiro atoms. The van der Waals surface area contributed by atoms with Gasteiger partial charge in [0.2, 0.25) is 0 Å². The third kappa shape index (κ3) is 4.54. The zero-order valence-electron chi connectivity index (χ0n) is 13.6. The van der Waals surface area contributed by atoms with Crippen LogP contribution in [0.5, 0.6) is 11.5 Å². The van der Waals surface area contributed by atoms with Crippen molar-refractivity contribution in [3.8, 4) is 11.5 Å². The molecule has 0 fully saturated rings. The topological polar surface area (TPSA) is 55.7 Å². The van der Waals surface area contributed by atoms with Crippen LogP contribution in [0.2, 0.25) is 5.02 Å². The highest BCUT2D eigenvalue weighted by Gasteiger charge is 2.31. The summed E-state index contributed by atoms with van der Waals surface area (Å²) in [6.07, 6.45) is -3.83. The molecule has 1 aromatic carbocycles. The lowest BCUT2D eigenvalue weighted by Gasteiger charge is -2.11. The first-order chi connectivity index (χ1) is 11.8. The molecule has 1 N–H and O–H groups in total. The second-order valence-corrected chi connectivity index (χ2v) is 5.33. The second-order valence-electron chi connectivity index (χ2n) is 4.93. The van der Waals surface area contributed by atoms with E-state index in [1.807, 2.05) is 0 Å². The maximum Gasteiger partial charge on any atom is 0.417 e. The molecule has 0 aliphatic heterocycles. The Balaban J connectivity index is 2.27. The number of ether oxygens (including phenoxy) is 2. The van der Waals surface area contributed by atoms with Crippen molar-refractivity contribution in [1.29, 1.82) is 0 Å². The maximum atomic E-state index is 12.6. The summed E-state index contributed by atoms with van der Waals surface area (Å²) in [7, 11) is 3.04. The van der Waals surface area contributed by atoms with Gasteiger partial charge in [-0.05, 0) is 31.2 Å². The minimum Gasteiger partial charge on any atom is -0.497 e. The van der Waals surface area contributed by atoms with Gasteiger partial charge < -0.3 is 9.47 Å². The van der Waals surface area contributed by atoms with Crippen molar-refractivity contribution in [1.82, 2.24) is 4.98 Å². The van der Waals surface area contributed by atoms with E-state index in [0.717, 1.165) is 6.07 Å². The lowest BCUT2D eigenvalue weighted by atomic mass is 10.1. The third-order valence-electron chi connectivity index (χ3n) is 3.29. The van der Waals surface area contributed by atoms with Crippen molar-refractivity contribution < 1.29 is 22.6 Å². The summed E-state index contributed by atoms with van der Waals surface area (Å²) in [4.78, 5) is 3.66. The van der Waals surface area contributed by atoms with Crippen molar-refractivity contribution in [3.63, 3.8) is 0 Å². The molecule has 2 rings (SSSR count). The number of methoxy groups -OCH3 is 2. The lowest BCUT2D eigenvalue weighted by molar-refractivity contribution is -0.137. The quantitative estimate of drug-likeness (QED) is 0.614. The van der Waals surface area contributed by atoms with E-state index < -0.39 is 11.7 Å². The fourth-order valence-electron chi connectivity index (χ4n) is 1.97. The normalized spacial score (nSPS) is 12.0. The number of benzene rings is 1. The Morgan fingerprint density at radius 3 is 2.48 bits per heavy atom. The largest absolute Gasteiger partial charge is 0.497 e. The summed E-state index contributed by atoms with van der Waals surface area (Å²) in [5.41, 5.74) is 2.79. The first-order valence-corrected chi connectivity index (χ1v) is 7.39. The SMILES string of the molecule is COc1ccc(OC)c(/C(C)=N\Nc2ncc(C(F)(F)F)cc2Cl)c1.